The molecule has 4 nitrogen and oxygen atoms in total. The molecule has 0 bridgehead atoms. The van der Waals surface area contributed by atoms with E-state index in [1.54, 1.807) is 18.4 Å². The Bertz CT molecular complexity index is 520. The molecule has 5 heteroatoms. The fraction of sp³-hybridized carbons (Fsp3) is 0.417. The molecule has 1 aliphatic heterocycles. The van der Waals surface area contributed by atoms with Crippen LogP contribution in [0.2, 0.25) is 0 Å². The lowest BCUT2D eigenvalue weighted by atomic mass is 10.3. The van der Waals surface area contributed by atoms with Crippen LogP contribution in [-0.4, -0.2) is 38.4 Å². The van der Waals surface area contributed by atoms with Gasteiger partial charge in [-0.2, -0.15) is 0 Å². The van der Waals surface area contributed by atoms with Crippen LogP contribution in [0, 0.1) is 0 Å². The van der Waals surface area contributed by atoms with Crippen LogP contribution >= 0.6 is 11.3 Å². The van der Waals surface area contributed by atoms with Gasteiger partial charge in [0, 0.05) is 19.2 Å². The second-order valence-electron chi connectivity index (χ2n) is 3.93. The lowest BCUT2D eigenvalue weighted by Gasteiger charge is -2.25. The van der Waals surface area contributed by atoms with Gasteiger partial charge < -0.3 is 14.4 Å². The van der Waals surface area contributed by atoms with E-state index in [1.807, 2.05) is 12.1 Å². The number of thiazole rings is 1. The van der Waals surface area contributed by atoms with E-state index in [9.17, 15) is 0 Å². The molecule has 1 aliphatic rings. The van der Waals surface area contributed by atoms with Crippen LogP contribution in [0.3, 0.4) is 0 Å². The number of nitrogens with zero attached hydrogens (tertiary/aromatic N) is 2. The molecule has 1 saturated heterocycles. The zero-order valence-electron chi connectivity index (χ0n) is 9.68. The Morgan fingerprint density at radius 3 is 2.94 bits per heavy atom. The van der Waals surface area contributed by atoms with Crippen molar-refractivity contribution in [1.82, 2.24) is 4.98 Å². The van der Waals surface area contributed by atoms with Gasteiger partial charge in [-0.25, -0.2) is 4.98 Å². The molecule has 1 fully saturated rings. The van der Waals surface area contributed by atoms with E-state index >= 15 is 0 Å². The molecule has 90 valence electrons. The fourth-order valence-electron chi connectivity index (χ4n) is 1.91. The number of rotatable bonds is 2. The van der Waals surface area contributed by atoms with Gasteiger partial charge in [0.25, 0.3) is 0 Å². The molecule has 0 N–H and O–H groups in total. The summed E-state index contributed by atoms with van der Waals surface area (Å²) in [6, 6.07) is 6.02. The highest BCUT2D eigenvalue weighted by Gasteiger charge is 2.15. The topological polar surface area (TPSA) is 34.6 Å². The number of ether oxygens (including phenoxy) is 2. The van der Waals surface area contributed by atoms with Gasteiger partial charge in [-0.3, -0.25) is 0 Å². The Hall–Kier alpha value is -1.33. The van der Waals surface area contributed by atoms with E-state index in [4.69, 9.17) is 9.47 Å². The second kappa shape index (κ2) is 4.50. The predicted molar refractivity (Wildman–Crippen MR) is 69.2 cm³/mol. The SMILES string of the molecule is COc1ccc2sc(N3CCOCC3)nc2c1. The molecule has 2 aromatic rings. The van der Waals surface area contributed by atoms with Gasteiger partial charge in [0.05, 0.1) is 30.5 Å². The van der Waals surface area contributed by atoms with Crippen molar-refractivity contribution in [2.75, 3.05) is 38.3 Å². The van der Waals surface area contributed by atoms with Crippen molar-refractivity contribution >= 4 is 26.7 Å². The zero-order chi connectivity index (χ0) is 11.7. The third kappa shape index (κ3) is 2.08. The highest BCUT2D eigenvalue weighted by atomic mass is 32.1. The summed E-state index contributed by atoms with van der Waals surface area (Å²) in [4.78, 5) is 6.93. The number of anilines is 1. The summed E-state index contributed by atoms with van der Waals surface area (Å²) in [7, 11) is 1.68. The summed E-state index contributed by atoms with van der Waals surface area (Å²) >= 11 is 1.73. The summed E-state index contributed by atoms with van der Waals surface area (Å²) < 4.78 is 11.8. The summed E-state index contributed by atoms with van der Waals surface area (Å²) in [6.07, 6.45) is 0. The number of aromatic nitrogens is 1. The molecule has 0 radical (unpaired) electrons. The molecular formula is C12H14N2O2S. The molecule has 0 spiro atoms. The van der Waals surface area contributed by atoms with Crippen molar-refractivity contribution in [3.63, 3.8) is 0 Å². The van der Waals surface area contributed by atoms with Crippen LogP contribution in [0.4, 0.5) is 5.13 Å². The van der Waals surface area contributed by atoms with Gasteiger partial charge in [-0.15, -0.1) is 0 Å². The molecule has 0 atom stereocenters. The quantitative estimate of drug-likeness (QED) is 0.818. The summed E-state index contributed by atoms with van der Waals surface area (Å²) in [5, 5.41) is 1.08. The first-order valence-electron chi connectivity index (χ1n) is 5.64. The van der Waals surface area contributed by atoms with Gasteiger partial charge in [-0.1, -0.05) is 11.3 Å². The highest BCUT2D eigenvalue weighted by Crippen LogP contribution is 2.31. The molecule has 0 saturated carbocycles. The van der Waals surface area contributed by atoms with Crippen LogP contribution in [0.15, 0.2) is 18.2 Å². The Morgan fingerprint density at radius 2 is 2.18 bits per heavy atom. The van der Waals surface area contributed by atoms with Crippen molar-refractivity contribution in [1.29, 1.82) is 0 Å². The molecule has 0 amide bonds. The summed E-state index contributed by atoms with van der Waals surface area (Å²) in [5.41, 5.74) is 1.01. The van der Waals surface area contributed by atoms with Gasteiger partial charge >= 0.3 is 0 Å². The molecule has 1 aromatic carbocycles. The Morgan fingerprint density at radius 1 is 1.35 bits per heavy atom. The normalized spacial score (nSPS) is 16.4. The first kappa shape index (κ1) is 10.8. The highest BCUT2D eigenvalue weighted by molar-refractivity contribution is 7.22. The predicted octanol–water partition coefficient (Wildman–Crippen LogP) is 2.14. The molecule has 1 aromatic heterocycles. The van der Waals surface area contributed by atoms with E-state index in [1.165, 1.54) is 4.70 Å². The zero-order valence-corrected chi connectivity index (χ0v) is 10.5. The second-order valence-corrected chi connectivity index (χ2v) is 4.94. The van der Waals surface area contributed by atoms with Crippen LogP contribution < -0.4 is 9.64 Å². The molecule has 0 aliphatic carbocycles. The molecule has 17 heavy (non-hydrogen) atoms. The van der Waals surface area contributed by atoms with Crippen molar-refractivity contribution in [2.45, 2.75) is 0 Å². The lowest BCUT2D eigenvalue weighted by Crippen LogP contribution is -2.36. The van der Waals surface area contributed by atoms with Crippen LogP contribution in [0.5, 0.6) is 5.75 Å². The first-order chi connectivity index (χ1) is 8.36. The largest absolute Gasteiger partial charge is 0.497 e. The average Bonchev–Trinajstić information content (AvgIpc) is 2.82. The van der Waals surface area contributed by atoms with Crippen molar-refractivity contribution in [3.8, 4) is 5.75 Å². The number of benzene rings is 1. The molecule has 3 rings (SSSR count). The minimum Gasteiger partial charge on any atom is -0.497 e. The maximum Gasteiger partial charge on any atom is 0.186 e. The number of hydrogen-bond acceptors (Lipinski definition) is 5. The molecule has 0 unspecified atom stereocenters. The van der Waals surface area contributed by atoms with Gasteiger partial charge in [0.1, 0.15) is 5.75 Å². The number of fused-ring (bicyclic) bond motifs is 1. The number of hydrogen-bond donors (Lipinski definition) is 0. The van der Waals surface area contributed by atoms with E-state index < -0.39 is 0 Å². The van der Waals surface area contributed by atoms with Gasteiger partial charge in [0.15, 0.2) is 5.13 Å². The minimum atomic E-state index is 0.791. The maximum atomic E-state index is 5.35. The minimum absolute atomic E-state index is 0.791. The van der Waals surface area contributed by atoms with Crippen molar-refractivity contribution in [3.05, 3.63) is 18.2 Å². The van der Waals surface area contributed by atoms with E-state index in [0.717, 1.165) is 42.7 Å². The third-order valence-electron chi connectivity index (χ3n) is 2.87. The van der Waals surface area contributed by atoms with Crippen LogP contribution in [0.25, 0.3) is 10.2 Å². The molecule has 2 heterocycles. The van der Waals surface area contributed by atoms with Gasteiger partial charge in [-0.05, 0) is 12.1 Å². The van der Waals surface area contributed by atoms with Crippen LogP contribution in [-0.2, 0) is 4.74 Å². The number of morpholine rings is 1. The van der Waals surface area contributed by atoms with E-state index in [2.05, 4.69) is 16.0 Å². The molecular weight excluding hydrogens is 236 g/mol. The third-order valence-corrected chi connectivity index (χ3v) is 3.96. The Labute approximate surface area is 104 Å². The fourth-order valence-corrected chi connectivity index (χ4v) is 2.91. The average molecular weight is 250 g/mol. The van der Waals surface area contributed by atoms with E-state index in [-0.39, 0.29) is 0 Å². The van der Waals surface area contributed by atoms with Gasteiger partial charge in [0.2, 0.25) is 0 Å². The van der Waals surface area contributed by atoms with Crippen molar-refractivity contribution < 1.29 is 9.47 Å². The Balaban J connectivity index is 1.95. The monoisotopic (exact) mass is 250 g/mol. The standard InChI is InChI=1S/C12H14N2O2S/c1-15-9-2-3-11-10(8-9)13-12(17-11)14-4-6-16-7-5-14/h2-3,8H,4-7H2,1H3. The van der Waals surface area contributed by atoms with Crippen LogP contribution in [0.1, 0.15) is 0 Å². The summed E-state index contributed by atoms with van der Waals surface area (Å²) in [6.45, 7) is 3.44. The smallest absolute Gasteiger partial charge is 0.186 e. The maximum absolute atomic E-state index is 5.35. The summed E-state index contributed by atoms with van der Waals surface area (Å²) in [5.74, 6) is 0.858. The first-order valence-corrected chi connectivity index (χ1v) is 6.46. The van der Waals surface area contributed by atoms with Crippen molar-refractivity contribution in [2.24, 2.45) is 0 Å². The van der Waals surface area contributed by atoms with E-state index in [0.29, 0.717) is 0 Å². The Kier molecular flexibility index (Phi) is 2.86. The lowest BCUT2D eigenvalue weighted by molar-refractivity contribution is 0.122. The number of methoxy groups -OCH3 is 1.